The minimum Gasteiger partial charge on any atom is -0.551 e. The summed E-state index contributed by atoms with van der Waals surface area (Å²) in [6.45, 7) is 13.7. The average Bonchev–Trinajstić information content (AvgIpc) is 3.51. The van der Waals surface area contributed by atoms with Gasteiger partial charge in [0.25, 0.3) is 0 Å². The molecule has 0 N–H and O–H groups in total. The molecule has 0 radical (unpaired) electrons. The van der Waals surface area contributed by atoms with Crippen LogP contribution < -0.4 is 20.5 Å². The van der Waals surface area contributed by atoms with Gasteiger partial charge in [-0.25, -0.2) is 0 Å². The first kappa shape index (κ1) is 29.0. The molecular weight excluding hydrogens is 583 g/mol. The van der Waals surface area contributed by atoms with E-state index in [1.807, 2.05) is 0 Å². The maximum Gasteiger partial charge on any atom is 0.432 e. The summed E-state index contributed by atoms with van der Waals surface area (Å²) in [6, 6.07) is 44.5. The summed E-state index contributed by atoms with van der Waals surface area (Å²) in [6.07, 6.45) is 2.23. The highest BCUT2D eigenvalue weighted by Gasteiger charge is 2.45. The van der Waals surface area contributed by atoms with Crippen molar-refractivity contribution in [1.29, 1.82) is 0 Å². The van der Waals surface area contributed by atoms with E-state index >= 15 is 0 Å². The lowest BCUT2D eigenvalue weighted by molar-refractivity contribution is 0.568. The third-order valence-electron chi connectivity index (χ3n) is 10.3. The maximum absolute atomic E-state index is 7.12. The van der Waals surface area contributed by atoms with Gasteiger partial charge in [-0.2, -0.15) is 0 Å². The second-order valence-electron chi connectivity index (χ2n) is 15.5. The van der Waals surface area contributed by atoms with Gasteiger partial charge in [0.2, 0.25) is 0 Å². The highest BCUT2D eigenvalue weighted by molar-refractivity contribution is 6.87. The lowest BCUT2D eigenvalue weighted by Crippen LogP contribution is -2.56. The zero-order valence-corrected chi connectivity index (χ0v) is 28.5. The summed E-state index contributed by atoms with van der Waals surface area (Å²) >= 11 is 0. The Labute approximate surface area is 283 Å². The molecule has 3 nitrogen and oxygen atoms in total. The number of hydrogen-bond acceptors (Lipinski definition) is 2. The molecule has 7 aromatic rings. The van der Waals surface area contributed by atoms with E-state index in [1.165, 1.54) is 66.4 Å². The fourth-order valence-electron chi connectivity index (χ4n) is 7.75. The predicted octanol–water partition coefficient (Wildman–Crippen LogP) is 10.3. The van der Waals surface area contributed by atoms with E-state index in [2.05, 4.69) is 179 Å². The van der Waals surface area contributed by atoms with Crippen LogP contribution in [0.2, 0.25) is 0 Å². The summed E-state index contributed by atoms with van der Waals surface area (Å²) in [5.74, 6) is 0.926. The van der Waals surface area contributed by atoms with Gasteiger partial charge in [0.05, 0.1) is 11.2 Å². The van der Waals surface area contributed by atoms with Crippen LogP contribution in [-0.4, -0.2) is 11.5 Å². The minimum absolute atomic E-state index is 0.0231. The Balaban J connectivity index is 1.46. The van der Waals surface area contributed by atoms with E-state index in [0.29, 0.717) is 0 Å². The molecule has 0 atom stereocenters. The van der Waals surface area contributed by atoms with Crippen molar-refractivity contribution in [3.05, 3.63) is 139 Å². The molecule has 0 unspecified atom stereocenters. The quantitative estimate of drug-likeness (QED) is 0.179. The van der Waals surface area contributed by atoms with Crippen molar-refractivity contribution < 1.29 is 4.65 Å². The van der Waals surface area contributed by atoms with Crippen molar-refractivity contribution in [2.45, 2.75) is 52.4 Å². The highest BCUT2D eigenvalue weighted by atomic mass is 16.4. The van der Waals surface area contributed by atoms with Gasteiger partial charge in [-0.05, 0) is 86.8 Å². The van der Waals surface area contributed by atoms with Crippen LogP contribution in [0, 0.1) is 0 Å². The van der Waals surface area contributed by atoms with Crippen molar-refractivity contribution in [3.8, 4) is 22.6 Å². The smallest absolute Gasteiger partial charge is 0.432 e. The monoisotopic (exact) mass is 622 g/mol. The number of hydrogen-bond donors (Lipinski definition) is 0. The van der Waals surface area contributed by atoms with E-state index < -0.39 is 0 Å². The molecule has 0 fully saturated rings. The van der Waals surface area contributed by atoms with Gasteiger partial charge in [-0.3, -0.25) is 0 Å². The van der Waals surface area contributed by atoms with Gasteiger partial charge < -0.3 is 14.1 Å². The Kier molecular flexibility index (Phi) is 6.12. The Hall–Kier alpha value is -5.22. The lowest BCUT2D eigenvalue weighted by atomic mass is 9.48. The van der Waals surface area contributed by atoms with E-state index in [4.69, 9.17) is 4.65 Å². The van der Waals surface area contributed by atoms with Gasteiger partial charge in [0.15, 0.2) is 0 Å². The number of para-hydroxylation sites is 2. The number of benzene rings is 6. The Bertz CT molecular complexity index is 2380. The summed E-state index contributed by atoms with van der Waals surface area (Å²) in [5.41, 5.74) is 13.3. The molecule has 0 spiro atoms. The minimum atomic E-state index is -0.250. The Morgan fingerprint density at radius 1 is 0.562 bits per heavy atom. The van der Waals surface area contributed by atoms with Gasteiger partial charge in [0.1, 0.15) is 5.75 Å². The summed E-state index contributed by atoms with van der Waals surface area (Å²) in [4.78, 5) is 2.55. The van der Waals surface area contributed by atoms with E-state index in [1.54, 1.807) is 0 Å². The average molecular weight is 623 g/mol. The molecule has 2 aliphatic rings. The molecule has 234 valence electrons. The molecule has 0 aliphatic carbocycles. The van der Waals surface area contributed by atoms with Crippen LogP contribution in [0.3, 0.4) is 0 Å². The second kappa shape index (κ2) is 10.1. The van der Waals surface area contributed by atoms with Crippen molar-refractivity contribution >= 4 is 56.6 Å². The molecule has 4 heteroatoms. The van der Waals surface area contributed by atoms with E-state index in [-0.39, 0.29) is 17.7 Å². The summed E-state index contributed by atoms with van der Waals surface area (Å²) < 4.78 is 9.45. The standard InChI is InChI=1S/C44H39BN2O/c1-43(2,3)29-24-30(44(4,5)6)26-32(25-29)47-37-21-20-28-14-10-11-17-33(28)40(37)45-41-36(34-18-12-13-19-39(34)48-45)27-38-35(42(41)47)22-23-46(38)31-15-8-7-9-16-31/h7-27H,1-6H3. The van der Waals surface area contributed by atoms with Crippen molar-refractivity contribution in [2.24, 2.45) is 0 Å². The molecule has 0 bridgehead atoms. The van der Waals surface area contributed by atoms with Crippen molar-refractivity contribution in [1.82, 2.24) is 4.57 Å². The first-order valence-corrected chi connectivity index (χ1v) is 17.1. The van der Waals surface area contributed by atoms with E-state index in [9.17, 15) is 0 Å². The molecule has 0 saturated carbocycles. The molecular formula is C44H39BN2O. The molecule has 0 amide bonds. The predicted molar refractivity (Wildman–Crippen MR) is 204 cm³/mol. The lowest BCUT2D eigenvalue weighted by Gasteiger charge is -2.41. The zero-order valence-electron chi connectivity index (χ0n) is 28.5. The molecule has 48 heavy (non-hydrogen) atoms. The highest BCUT2D eigenvalue weighted by Crippen LogP contribution is 2.48. The number of aromatic nitrogens is 1. The molecule has 6 aromatic carbocycles. The Morgan fingerprint density at radius 2 is 1.25 bits per heavy atom. The van der Waals surface area contributed by atoms with Gasteiger partial charge in [-0.15, -0.1) is 0 Å². The molecule has 1 aromatic heterocycles. The fourth-order valence-corrected chi connectivity index (χ4v) is 7.75. The SMILES string of the molecule is CC(C)(C)c1cc(N2c3ccc4ccccc4c3B3Oc4ccccc4-c4cc5c(ccn5-c5ccccc5)c2c43)cc(C(C)(C)C)c1. The fraction of sp³-hybridized carbons (Fsp3) is 0.182. The summed E-state index contributed by atoms with van der Waals surface area (Å²) in [7, 11) is 0. The molecule has 3 heterocycles. The topological polar surface area (TPSA) is 17.4 Å². The number of rotatable bonds is 2. The Morgan fingerprint density at radius 3 is 2.00 bits per heavy atom. The molecule has 0 saturated heterocycles. The largest absolute Gasteiger partial charge is 0.551 e. The normalized spacial score (nSPS) is 13.7. The maximum atomic E-state index is 7.12. The third kappa shape index (κ3) is 4.28. The summed E-state index contributed by atoms with van der Waals surface area (Å²) in [5, 5.41) is 3.66. The van der Waals surface area contributed by atoms with Gasteiger partial charge in [0, 0.05) is 45.1 Å². The van der Waals surface area contributed by atoms with Crippen molar-refractivity contribution in [2.75, 3.05) is 4.90 Å². The molecule has 9 rings (SSSR count). The van der Waals surface area contributed by atoms with Crippen LogP contribution in [0.25, 0.3) is 38.5 Å². The zero-order chi connectivity index (χ0) is 32.9. The van der Waals surface area contributed by atoms with Crippen molar-refractivity contribution in [3.63, 3.8) is 0 Å². The van der Waals surface area contributed by atoms with Crippen LogP contribution in [0.5, 0.6) is 5.75 Å². The first-order valence-electron chi connectivity index (χ1n) is 17.1. The van der Waals surface area contributed by atoms with Crippen LogP contribution >= 0.6 is 0 Å². The number of nitrogens with zero attached hydrogens (tertiary/aromatic N) is 2. The van der Waals surface area contributed by atoms with Crippen LogP contribution in [0.15, 0.2) is 128 Å². The molecule has 2 aliphatic heterocycles. The van der Waals surface area contributed by atoms with Gasteiger partial charge >= 0.3 is 6.92 Å². The third-order valence-corrected chi connectivity index (χ3v) is 10.3. The van der Waals surface area contributed by atoms with Crippen LogP contribution in [0.4, 0.5) is 17.1 Å². The van der Waals surface area contributed by atoms with Crippen LogP contribution in [-0.2, 0) is 10.8 Å². The van der Waals surface area contributed by atoms with E-state index in [0.717, 1.165) is 17.0 Å². The second-order valence-corrected chi connectivity index (χ2v) is 15.5. The number of anilines is 3. The van der Waals surface area contributed by atoms with Gasteiger partial charge in [-0.1, -0.05) is 114 Å². The van der Waals surface area contributed by atoms with Crippen LogP contribution in [0.1, 0.15) is 52.7 Å². The first-order chi connectivity index (χ1) is 23.1. The number of fused-ring (bicyclic) bond motifs is 8.